The van der Waals surface area contributed by atoms with Crippen LogP contribution in [-0.4, -0.2) is 87.4 Å². The van der Waals surface area contributed by atoms with E-state index in [0.29, 0.717) is 17.4 Å². The van der Waals surface area contributed by atoms with Crippen LogP contribution in [0.4, 0.5) is 0 Å². The maximum atomic E-state index is 12.9. The molecule has 0 saturated carbocycles. The van der Waals surface area contributed by atoms with Gasteiger partial charge in [-0.15, -0.1) is 0 Å². The highest BCUT2D eigenvalue weighted by Gasteiger charge is 2.25. The average Bonchev–Trinajstić information content (AvgIpc) is 3.34. The summed E-state index contributed by atoms with van der Waals surface area (Å²) in [5.41, 5.74) is 0. The Labute approximate surface area is 436 Å². The number of quaternary nitrogens is 1. The molecule has 0 rings (SSSR count). The molecule has 0 amide bonds. The second-order valence-corrected chi connectivity index (χ2v) is 20.2. The van der Waals surface area contributed by atoms with Crippen LogP contribution < -0.4 is 0 Å². The fourth-order valence-electron chi connectivity index (χ4n) is 7.72. The summed E-state index contributed by atoms with van der Waals surface area (Å²) in [7, 11) is 5.96. The van der Waals surface area contributed by atoms with Gasteiger partial charge in [0, 0.05) is 12.8 Å². The molecule has 0 aromatic heterocycles. The second kappa shape index (κ2) is 52.8. The van der Waals surface area contributed by atoms with Crippen molar-refractivity contribution in [2.75, 3.05) is 47.5 Å². The molecule has 0 aliphatic heterocycles. The summed E-state index contributed by atoms with van der Waals surface area (Å²) < 4.78 is 22.9. The minimum Gasteiger partial charge on any atom is -0.477 e. The maximum Gasteiger partial charge on any atom is 0.361 e. The molecular weight excluding hydrogens is 887 g/mol. The molecule has 0 heterocycles. The Bertz CT molecular complexity index is 1440. The Morgan fingerprint density at radius 2 is 0.803 bits per heavy atom. The van der Waals surface area contributed by atoms with Crippen LogP contribution in [0.2, 0.25) is 0 Å². The lowest BCUT2D eigenvalue weighted by Gasteiger charge is -2.25. The topological polar surface area (TPSA) is 108 Å². The highest BCUT2D eigenvalue weighted by atomic mass is 16.7. The van der Waals surface area contributed by atoms with Gasteiger partial charge in [0.15, 0.2) is 6.10 Å². The first-order valence-electron chi connectivity index (χ1n) is 28.8. The smallest absolute Gasteiger partial charge is 0.361 e. The third kappa shape index (κ3) is 54.1. The number of likely N-dealkylation sites (N-methyl/N-ethyl adjacent to an activating group) is 1. The van der Waals surface area contributed by atoms with Crippen molar-refractivity contribution < 1.29 is 42.9 Å². The van der Waals surface area contributed by atoms with Gasteiger partial charge in [0.25, 0.3) is 6.29 Å². The number of carbonyl (C=O) groups is 3. The predicted molar refractivity (Wildman–Crippen MR) is 299 cm³/mol. The number of carboxylic acids is 1. The van der Waals surface area contributed by atoms with Crippen molar-refractivity contribution in [3.63, 3.8) is 0 Å². The lowest BCUT2D eigenvalue weighted by molar-refractivity contribution is -0.870. The second-order valence-electron chi connectivity index (χ2n) is 20.2. The van der Waals surface area contributed by atoms with Crippen LogP contribution in [0.25, 0.3) is 0 Å². The molecule has 0 saturated heterocycles. The highest BCUT2D eigenvalue weighted by molar-refractivity contribution is 5.71. The molecule has 9 nitrogen and oxygen atoms in total. The van der Waals surface area contributed by atoms with Crippen molar-refractivity contribution in [3.8, 4) is 0 Å². The summed E-state index contributed by atoms with van der Waals surface area (Å²) >= 11 is 0. The van der Waals surface area contributed by atoms with E-state index < -0.39 is 24.3 Å². The Kier molecular flexibility index (Phi) is 50.2. The van der Waals surface area contributed by atoms with E-state index in [2.05, 4.69) is 98.9 Å². The molecule has 0 spiro atoms. The van der Waals surface area contributed by atoms with E-state index in [1.165, 1.54) is 103 Å². The summed E-state index contributed by atoms with van der Waals surface area (Å²) in [5, 5.41) is 9.70. The van der Waals surface area contributed by atoms with Crippen LogP contribution in [-0.2, 0) is 33.3 Å². The first-order valence-corrected chi connectivity index (χ1v) is 28.8. The number of esters is 2. The molecule has 71 heavy (non-hydrogen) atoms. The zero-order chi connectivity index (χ0) is 52.0. The number of aliphatic carboxylic acids is 1. The van der Waals surface area contributed by atoms with Gasteiger partial charge in [-0.05, 0) is 89.9 Å². The van der Waals surface area contributed by atoms with Crippen molar-refractivity contribution in [1.29, 1.82) is 0 Å². The summed E-state index contributed by atoms with van der Waals surface area (Å²) in [6.07, 6.45) is 66.5. The fourth-order valence-corrected chi connectivity index (χ4v) is 7.72. The molecule has 9 heteroatoms. The molecule has 0 aliphatic carbocycles. The number of hydrogen-bond donors (Lipinski definition) is 1. The Morgan fingerprint density at radius 3 is 1.20 bits per heavy atom. The molecule has 2 atom stereocenters. The summed E-state index contributed by atoms with van der Waals surface area (Å²) in [6.45, 7) is 4.74. The molecule has 0 aliphatic rings. The molecule has 0 fully saturated rings. The van der Waals surface area contributed by atoms with Gasteiger partial charge < -0.3 is 28.5 Å². The van der Waals surface area contributed by atoms with Crippen LogP contribution in [0.1, 0.15) is 232 Å². The monoisotopic (exact) mass is 995 g/mol. The molecular formula is C62H108NO8+. The third-order valence-electron chi connectivity index (χ3n) is 12.1. The molecule has 2 unspecified atom stereocenters. The standard InChI is InChI=1S/C62H107NO8/c1-6-8-10-12-14-16-18-20-22-24-26-28-30-32-34-36-38-40-42-44-46-48-50-52-59(64)69-56-58(57-70-62(61(66)67)68-55-54-63(3,4)5)71-60(65)53-51-49-47-45-43-41-39-37-35-33-31-29-27-25-23-21-19-17-15-13-11-9-7-2/h9,11,15,17-18,20-21,23-24,26-27,29-30,32,58,62H,6-8,10,12-14,16,19,22,25,28,31,33-57H2,1-5H3/p+1/b11-9-,17-15-,20-18-,23-21-,26-24-,29-27-,32-30-. The number of hydrogen-bond acceptors (Lipinski definition) is 7. The van der Waals surface area contributed by atoms with E-state index in [1.54, 1.807) is 0 Å². The Hall–Kier alpha value is -3.53. The minimum atomic E-state index is -1.52. The number of nitrogens with zero attached hydrogens (tertiary/aromatic N) is 1. The number of carbonyl (C=O) groups excluding carboxylic acids is 2. The molecule has 0 radical (unpaired) electrons. The lowest BCUT2D eigenvalue weighted by atomic mass is 10.0. The number of allylic oxidation sites excluding steroid dienone is 14. The number of rotatable bonds is 52. The zero-order valence-electron chi connectivity index (χ0n) is 46.4. The molecule has 0 bridgehead atoms. The normalized spacial score (nSPS) is 13.4. The molecule has 1 N–H and O–H groups in total. The minimum absolute atomic E-state index is 0.182. The van der Waals surface area contributed by atoms with Crippen molar-refractivity contribution >= 4 is 17.9 Å². The van der Waals surface area contributed by atoms with E-state index in [4.69, 9.17) is 18.9 Å². The predicted octanol–water partition coefficient (Wildman–Crippen LogP) is 16.8. The number of carboxylic acid groups (broad SMARTS) is 1. The van der Waals surface area contributed by atoms with Crippen LogP contribution in [0, 0.1) is 0 Å². The van der Waals surface area contributed by atoms with E-state index >= 15 is 0 Å². The van der Waals surface area contributed by atoms with Gasteiger partial charge in [0.1, 0.15) is 13.2 Å². The summed E-state index contributed by atoms with van der Waals surface area (Å²) in [4.78, 5) is 37.4. The summed E-state index contributed by atoms with van der Waals surface area (Å²) in [6, 6.07) is 0. The van der Waals surface area contributed by atoms with E-state index in [9.17, 15) is 19.5 Å². The van der Waals surface area contributed by atoms with E-state index in [1.807, 2.05) is 21.1 Å². The third-order valence-corrected chi connectivity index (χ3v) is 12.1. The largest absolute Gasteiger partial charge is 0.477 e. The zero-order valence-corrected chi connectivity index (χ0v) is 46.4. The van der Waals surface area contributed by atoms with Gasteiger partial charge in [-0.25, -0.2) is 4.79 Å². The molecule has 0 aromatic rings. The Morgan fingerprint density at radius 1 is 0.437 bits per heavy atom. The SMILES string of the molecule is CC/C=C\C/C=C\C/C=C\C/C=C\CCCCCCCCCCCCC(=O)OC(COC(=O)CCCCCCCCCC/C=C\C/C=C\C/C=C\CCCCCCC)COC(OCC[N+](C)(C)C)C(=O)O. The van der Waals surface area contributed by atoms with Crippen molar-refractivity contribution in [3.05, 3.63) is 85.1 Å². The first-order chi connectivity index (χ1) is 34.6. The highest BCUT2D eigenvalue weighted by Crippen LogP contribution is 2.15. The van der Waals surface area contributed by atoms with Crippen LogP contribution in [0.3, 0.4) is 0 Å². The van der Waals surface area contributed by atoms with Crippen LogP contribution in [0.15, 0.2) is 85.1 Å². The van der Waals surface area contributed by atoms with Gasteiger partial charge in [0.05, 0.1) is 34.4 Å². The van der Waals surface area contributed by atoms with Gasteiger partial charge in [0.2, 0.25) is 0 Å². The van der Waals surface area contributed by atoms with Crippen molar-refractivity contribution in [1.82, 2.24) is 0 Å². The molecule has 0 aromatic carbocycles. The fraction of sp³-hybridized carbons (Fsp3) is 0.726. The van der Waals surface area contributed by atoms with E-state index in [-0.39, 0.29) is 38.6 Å². The van der Waals surface area contributed by atoms with Crippen LogP contribution >= 0.6 is 0 Å². The van der Waals surface area contributed by atoms with Gasteiger partial charge >= 0.3 is 17.9 Å². The Balaban J connectivity index is 4.30. The number of ether oxygens (including phenoxy) is 4. The molecule has 408 valence electrons. The van der Waals surface area contributed by atoms with Crippen molar-refractivity contribution in [2.45, 2.75) is 245 Å². The van der Waals surface area contributed by atoms with Gasteiger partial charge in [-0.3, -0.25) is 9.59 Å². The summed E-state index contributed by atoms with van der Waals surface area (Å²) in [5.74, 6) is -2.02. The quantitative estimate of drug-likeness (QED) is 0.0211. The van der Waals surface area contributed by atoms with Gasteiger partial charge in [-0.1, -0.05) is 214 Å². The first kappa shape index (κ1) is 67.5. The lowest BCUT2D eigenvalue weighted by Crippen LogP contribution is -2.40. The maximum absolute atomic E-state index is 12.9. The number of unbranched alkanes of at least 4 members (excludes halogenated alkanes) is 23. The van der Waals surface area contributed by atoms with Crippen LogP contribution in [0.5, 0.6) is 0 Å². The van der Waals surface area contributed by atoms with Crippen molar-refractivity contribution in [2.24, 2.45) is 0 Å². The van der Waals surface area contributed by atoms with Gasteiger partial charge in [-0.2, -0.15) is 0 Å². The average molecular weight is 996 g/mol. The van der Waals surface area contributed by atoms with E-state index in [0.717, 1.165) is 96.3 Å².